The molecule has 0 radical (unpaired) electrons. The molecular weight excluding hydrogens is 372 g/mol. The van der Waals surface area contributed by atoms with E-state index < -0.39 is 0 Å². The summed E-state index contributed by atoms with van der Waals surface area (Å²) in [5, 5.41) is 16.7. The summed E-state index contributed by atoms with van der Waals surface area (Å²) < 4.78 is 4.02. The van der Waals surface area contributed by atoms with Gasteiger partial charge in [-0.1, -0.05) is 42.1 Å². The molecule has 2 heterocycles. The summed E-state index contributed by atoms with van der Waals surface area (Å²) in [5.41, 5.74) is 3.19. The lowest BCUT2D eigenvalue weighted by Crippen LogP contribution is -2.27. The van der Waals surface area contributed by atoms with Gasteiger partial charge in [-0.2, -0.15) is 5.10 Å². The maximum atomic E-state index is 12.2. The van der Waals surface area contributed by atoms with Gasteiger partial charge >= 0.3 is 0 Å². The molecule has 7 nitrogen and oxygen atoms in total. The fraction of sp³-hybridized carbons (Fsp3) is 0.400. The van der Waals surface area contributed by atoms with Crippen LogP contribution in [0.25, 0.3) is 11.4 Å². The van der Waals surface area contributed by atoms with Gasteiger partial charge in [-0.3, -0.25) is 9.48 Å². The summed E-state index contributed by atoms with van der Waals surface area (Å²) in [6, 6.07) is 12.0. The molecule has 3 rings (SSSR count). The summed E-state index contributed by atoms with van der Waals surface area (Å²) >= 11 is 1.42. The van der Waals surface area contributed by atoms with Crippen molar-refractivity contribution < 1.29 is 4.79 Å². The number of aromatic nitrogens is 5. The van der Waals surface area contributed by atoms with E-state index in [9.17, 15) is 4.79 Å². The van der Waals surface area contributed by atoms with Gasteiger partial charge in [-0.15, -0.1) is 10.2 Å². The number of thioether (sulfide) groups is 1. The third-order valence-corrected chi connectivity index (χ3v) is 5.34. The van der Waals surface area contributed by atoms with Crippen LogP contribution in [0.1, 0.15) is 24.7 Å². The van der Waals surface area contributed by atoms with Crippen molar-refractivity contribution in [2.24, 2.45) is 0 Å². The Hall–Kier alpha value is -2.61. The normalized spacial score (nSPS) is 11.0. The fourth-order valence-electron chi connectivity index (χ4n) is 3.02. The Labute approximate surface area is 169 Å². The van der Waals surface area contributed by atoms with E-state index in [1.165, 1.54) is 11.8 Å². The minimum atomic E-state index is 0.00489. The topological polar surface area (TPSA) is 77.6 Å². The van der Waals surface area contributed by atoms with Crippen LogP contribution in [0.15, 0.2) is 41.6 Å². The standard InChI is InChI=1S/C20H26N6OS/c1-4-25-19(17-9-6-5-7-10-17)22-23-20(25)28-14-18(27)21-11-8-12-26-16(3)13-15(2)24-26/h5-7,9-10,13H,4,8,11-12,14H2,1-3H3,(H,21,27). The van der Waals surface area contributed by atoms with Crippen LogP contribution in [0, 0.1) is 13.8 Å². The minimum Gasteiger partial charge on any atom is -0.355 e. The maximum absolute atomic E-state index is 12.2. The fourth-order valence-corrected chi connectivity index (χ4v) is 3.85. The van der Waals surface area contributed by atoms with Crippen LogP contribution in [-0.4, -0.2) is 42.7 Å². The number of benzene rings is 1. The van der Waals surface area contributed by atoms with E-state index in [1.807, 2.05) is 53.4 Å². The Morgan fingerprint density at radius 3 is 2.64 bits per heavy atom. The molecule has 3 aromatic rings. The first-order valence-electron chi connectivity index (χ1n) is 9.47. The van der Waals surface area contributed by atoms with Gasteiger partial charge in [-0.25, -0.2) is 0 Å². The smallest absolute Gasteiger partial charge is 0.230 e. The molecule has 0 bridgehead atoms. The average molecular weight is 399 g/mol. The minimum absolute atomic E-state index is 0.00489. The SMILES string of the molecule is CCn1c(SCC(=O)NCCCn2nc(C)cc2C)nnc1-c1ccccc1. The third-order valence-electron chi connectivity index (χ3n) is 4.37. The molecule has 1 amide bonds. The van der Waals surface area contributed by atoms with E-state index in [-0.39, 0.29) is 5.91 Å². The molecule has 1 N–H and O–H groups in total. The first kappa shape index (κ1) is 20.1. The molecule has 0 fully saturated rings. The number of rotatable bonds is 9. The Morgan fingerprint density at radius 2 is 1.96 bits per heavy atom. The second kappa shape index (κ2) is 9.54. The second-order valence-electron chi connectivity index (χ2n) is 6.56. The van der Waals surface area contributed by atoms with Gasteiger partial charge in [0.05, 0.1) is 11.4 Å². The van der Waals surface area contributed by atoms with E-state index in [0.29, 0.717) is 12.3 Å². The molecule has 0 unspecified atom stereocenters. The van der Waals surface area contributed by atoms with Crippen molar-refractivity contribution in [2.75, 3.05) is 12.3 Å². The average Bonchev–Trinajstić information content (AvgIpc) is 3.26. The second-order valence-corrected chi connectivity index (χ2v) is 7.50. The molecule has 28 heavy (non-hydrogen) atoms. The number of amides is 1. The zero-order valence-corrected chi connectivity index (χ0v) is 17.4. The Kier molecular flexibility index (Phi) is 6.86. The third kappa shape index (κ3) is 5.01. The van der Waals surface area contributed by atoms with Crippen molar-refractivity contribution in [1.29, 1.82) is 0 Å². The first-order chi connectivity index (χ1) is 13.6. The molecule has 8 heteroatoms. The number of carbonyl (C=O) groups excluding carboxylic acids is 1. The van der Waals surface area contributed by atoms with Crippen molar-refractivity contribution in [2.45, 2.75) is 45.4 Å². The van der Waals surface area contributed by atoms with Crippen LogP contribution in [0.5, 0.6) is 0 Å². The summed E-state index contributed by atoms with van der Waals surface area (Å²) in [5.74, 6) is 1.16. The molecule has 0 aliphatic heterocycles. The number of aryl methyl sites for hydroxylation is 3. The molecule has 0 aliphatic rings. The monoisotopic (exact) mass is 398 g/mol. The lowest BCUT2D eigenvalue weighted by molar-refractivity contribution is -0.118. The van der Waals surface area contributed by atoms with Gasteiger partial charge in [0.15, 0.2) is 11.0 Å². The van der Waals surface area contributed by atoms with E-state index >= 15 is 0 Å². The van der Waals surface area contributed by atoms with Gasteiger partial charge in [0.1, 0.15) is 0 Å². The Morgan fingerprint density at radius 1 is 1.18 bits per heavy atom. The van der Waals surface area contributed by atoms with Gasteiger partial charge in [-0.05, 0) is 33.3 Å². The molecule has 0 atom stereocenters. The number of nitrogens with one attached hydrogen (secondary N) is 1. The number of hydrogen-bond acceptors (Lipinski definition) is 5. The highest BCUT2D eigenvalue weighted by Crippen LogP contribution is 2.23. The molecule has 0 saturated heterocycles. The van der Waals surface area contributed by atoms with Gasteiger partial charge in [0.25, 0.3) is 0 Å². The molecule has 0 aliphatic carbocycles. The predicted octanol–water partition coefficient (Wildman–Crippen LogP) is 3.08. The van der Waals surface area contributed by atoms with Gasteiger partial charge < -0.3 is 9.88 Å². The van der Waals surface area contributed by atoms with E-state index in [4.69, 9.17) is 0 Å². The summed E-state index contributed by atoms with van der Waals surface area (Å²) in [4.78, 5) is 12.2. The zero-order chi connectivity index (χ0) is 19.9. The lowest BCUT2D eigenvalue weighted by Gasteiger charge is -2.08. The summed E-state index contributed by atoms with van der Waals surface area (Å²) in [6.07, 6.45) is 0.849. The maximum Gasteiger partial charge on any atom is 0.230 e. The number of carbonyl (C=O) groups is 1. The quantitative estimate of drug-likeness (QED) is 0.443. The van der Waals surface area contributed by atoms with Crippen molar-refractivity contribution in [3.63, 3.8) is 0 Å². The predicted molar refractivity (Wildman–Crippen MR) is 111 cm³/mol. The van der Waals surface area contributed by atoms with Crippen LogP contribution in [-0.2, 0) is 17.9 Å². The lowest BCUT2D eigenvalue weighted by atomic mass is 10.2. The molecule has 0 spiro atoms. The highest BCUT2D eigenvalue weighted by Gasteiger charge is 2.14. The Balaban J connectivity index is 1.47. The molecule has 1 aromatic carbocycles. The van der Waals surface area contributed by atoms with Crippen LogP contribution < -0.4 is 5.32 Å². The van der Waals surface area contributed by atoms with Crippen molar-refractivity contribution in [3.05, 3.63) is 47.8 Å². The van der Waals surface area contributed by atoms with Gasteiger partial charge in [0.2, 0.25) is 5.91 Å². The van der Waals surface area contributed by atoms with Crippen molar-refractivity contribution in [1.82, 2.24) is 29.9 Å². The number of hydrogen-bond donors (Lipinski definition) is 1. The molecular formula is C20H26N6OS. The van der Waals surface area contributed by atoms with Crippen LogP contribution in [0.2, 0.25) is 0 Å². The van der Waals surface area contributed by atoms with Crippen molar-refractivity contribution >= 4 is 17.7 Å². The zero-order valence-electron chi connectivity index (χ0n) is 16.6. The van der Waals surface area contributed by atoms with Crippen LogP contribution >= 0.6 is 11.8 Å². The molecule has 148 valence electrons. The first-order valence-corrected chi connectivity index (χ1v) is 10.5. The highest BCUT2D eigenvalue weighted by atomic mass is 32.2. The van der Waals surface area contributed by atoms with Gasteiger partial charge in [0, 0.05) is 30.9 Å². The molecule has 0 saturated carbocycles. The summed E-state index contributed by atoms with van der Waals surface area (Å²) in [7, 11) is 0. The van der Waals surface area contributed by atoms with Crippen molar-refractivity contribution in [3.8, 4) is 11.4 Å². The van der Waals surface area contributed by atoms with E-state index in [1.54, 1.807) is 0 Å². The number of nitrogens with zero attached hydrogens (tertiary/aromatic N) is 5. The highest BCUT2D eigenvalue weighted by molar-refractivity contribution is 7.99. The Bertz CT molecular complexity index is 918. The summed E-state index contributed by atoms with van der Waals surface area (Å²) in [6.45, 7) is 8.28. The molecule has 2 aromatic heterocycles. The largest absolute Gasteiger partial charge is 0.355 e. The van der Waals surface area contributed by atoms with E-state index in [2.05, 4.69) is 33.6 Å². The van der Waals surface area contributed by atoms with Crippen LogP contribution in [0.3, 0.4) is 0 Å². The van der Waals surface area contributed by atoms with E-state index in [0.717, 1.165) is 47.4 Å². The van der Waals surface area contributed by atoms with Crippen LogP contribution in [0.4, 0.5) is 0 Å².